The Hall–Kier alpha value is -1.66. The minimum absolute atomic E-state index is 0.473. The molecular formula is C12H15N5S. The SMILES string of the molecule is Cc1cc(N2CCc3sccc3C2)nc(NN)n1. The maximum Gasteiger partial charge on any atom is 0.239 e. The van der Waals surface area contributed by atoms with Gasteiger partial charge in [0.2, 0.25) is 5.95 Å². The third-order valence-corrected chi connectivity index (χ3v) is 4.12. The first-order valence-electron chi connectivity index (χ1n) is 5.89. The van der Waals surface area contributed by atoms with E-state index in [-0.39, 0.29) is 0 Å². The lowest BCUT2D eigenvalue weighted by Crippen LogP contribution is -2.30. The number of nitrogens with two attached hydrogens (primary N) is 1. The molecule has 1 aliphatic rings. The molecule has 0 amide bonds. The molecule has 0 atom stereocenters. The number of thiophene rings is 1. The van der Waals surface area contributed by atoms with Crippen LogP contribution in [0.5, 0.6) is 0 Å². The van der Waals surface area contributed by atoms with Crippen LogP contribution in [0.1, 0.15) is 16.1 Å². The van der Waals surface area contributed by atoms with E-state index in [2.05, 4.69) is 31.7 Å². The second-order valence-corrected chi connectivity index (χ2v) is 5.38. The van der Waals surface area contributed by atoms with Crippen LogP contribution in [0.15, 0.2) is 17.5 Å². The fourth-order valence-corrected chi connectivity index (χ4v) is 3.11. The van der Waals surface area contributed by atoms with Crippen molar-refractivity contribution in [3.05, 3.63) is 33.6 Å². The van der Waals surface area contributed by atoms with Crippen molar-refractivity contribution in [3.63, 3.8) is 0 Å². The zero-order valence-electron chi connectivity index (χ0n) is 10.2. The van der Waals surface area contributed by atoms with Gasteiger partial charge in [-0.2, -0.15) is 4.98 Å². The molecule has 0 aliphatic carbocycles. The summed E-state index contributed by atoms with van der Waals surface area (Å²) in [4.78, 5) is 12.4. The lowest BCUT2D eigenvalue weighted by atomic mass is 10.1. The van der Waals surface area contributed by atoms with Crippen molar-refractivity contribution >= 4 is 23.1 Å². The van der Waals surface area contributed by atoms with Crippen LogP contribution in [0.25, 0.3) is 0 Å². The van der Waals surface area contributed by atoms with Gasteiger partial charge >= 0.3 is 0 Å². The van der Waals surface area contributed by atoms with Gasteiger partial charge in [0.1, 0.15) is 5.82 Å². The molecule has 0 radical (unpaired) electrons. The Bertz CT molecular complexity index is 565. The molecule has 18 heavy (non-hydrogen) atoms. The van der Waals surface area contributed by atoms with E-state index in [9.17, 15) is 0 Å². The summed E-state index contributed by atoms with van der Waals surface area (Å²) in [6.45, 7) is 3.86. The number of rotatable bonds is 2. The molecule has 3 N–H and O–H groups in total. The van der Waals surface area contributed by atoms with E-state index in [1.165, 1.54) is 10.4 Å². The van der Waals surface area contributed by atoms with E-state index in [4.69, 9.17) is 5.84 Å². The predicted molar refractivity (Wildman–Crippen MR) is 73.7 cm³/mol. The number of hydrogen-bond acceptors (Lipinski definition) is 6. The van der Waals surface area contributed by atoms with Gasteiger partial charge in [0.05, 0.1) is 0 Å². The summed E-state index contributed by atoms with van der Waals surface area (Å²) in [6, 6.07) is 4.19. The van der Waals surface area contributed by atoms with E-state index >= 15 is 0 Å². The molecule has 3 rings (SSSR count). The summed E-state index contributed by atoms with van der Waals surface area (Å²) in [5.41, 5.74) is 4.84. The third-order valence-electron chi connectivity index (χ3n) is 3.10. The second kappa shape index (κ2) is 4.55. The van der Waals surface area contributed by atoms with Gasteiger partial charge in [-0.05, 0) is 30.4 Å². The average Bonchev–Trinajstić information content (AvgIpc) is 2.85. The number of aryl methyl sites for hydroxylation is 1. The number of nitrogens with one attached hydrogen (secondary N) is 1. The highest BCUT2D eigenvalue weighted by molar-refractivity contribution is 7.10. The fraction of sp³-hybridized carbons (Fsp3) is 0.333. The first-order chi connectivity index (χ1) is 8.76. The summed E-state index contributed by atoms with van der Waals surface area (Å²) in [6.07, 6.45) is 1.08. The van der Waals surface area contributed by atoms with Gasteiger partial charge in [0.15, 0.2) is 0 Å². The van der Waals surface area contributed by atoms with Crippen molar-refractivity contribution in [2.45, 2.75) is 19.9 Å². The minimum Gasteiger partial charge on any atom is -0.352 e. The monoisotopic (exact) mass is 261 g/mol. The van der Waals surface area contributed by atoms with Crippen LogP contribution in [0, 0.1) is 6.92 Å². The van der Waals surface area contributed by atoms with E-state index in [0.717, 1.165) is 31.0 Å². The highest BCUT2D eigenvalue weighted by Gasteiger charge is 2.19. The van der Waals surface area contributed by atoms with Crippen molar-refractivity contribution in [2.75, 3.05) is 16.9 Å². The van der Waals surface area contributed by atoms with Crippen molar-refractivity contribution in [1.29, 1.82) is 0 Å². The molecule has 5 nitrogen and oxygen atoms in total. The topological polar surface area (TPSA) is 67.1 Å². The van der Waals surface area contributed by atoms with E-state index in [1.807, 2.05) is 24.3 Å². The molecule has 0 spiro atoms. The standard InChI is InChI=1S/C12H15N5S/c1-8-6-11(15-12(14-8)16-13)17-4-2-10-9(7-17)3-5-18-10/h3,5-6H,2,4,7,13H2,1H3,(H,14,15,16). The number of aromatic nitrogens is 2. The first-order valence-corrected chi connectivity index (χ1v) is 6.77. The molecule has 3 heterocycles. The Morgan fingerprint density at radius 1 is 1.44 bits per heavy atom. The average molecular weight is 261 g/mol. The van der Waals surface area contributed by atoms with Crippen LogP contribution in [-0.2, 0) is 13.0 Å². The minimum atomic E-state index is 0.473. The van der Waals surface area contributed by atoms with Crippen LogP contribution in [0.2, 0.25) is 0 Å². The molecule has 1 aliphatic heterocycles. The summed E-state index contributed by atoms with van der Waals surface area (Å²) in [5, 5.41) is 2.16. The Labute approximate surface area is 110 Å². The second-order valence-electron chi connectivity index (χ2n) is 4.38. The maximum atomic E-state index is 5.39. The highest BCUT2D eigenvalue weighted by atomic mass is 32.1. The van der Waals surface area contributed by atoms with Crippen LogP contribution in [-0.4, -0.2) is 16.5 Å². The van der Waals surface area contributed by atoms with Gasteiger partial charge in [0.25, 0.3) is 0 Å². The zero-order chi connectivity index (χ0) is 12.5. The summed E-state index contributed by atoms with van der Waals surface area (Å²) >= 11 is 1.84. The molecular weight excluding hydrogens is 246 g/mol. The highest BCUT2D eigenvalue weighted by Crippen LogP contribution is 2.27. The molecule has 0 fully saturated rings. The Morgan fingerprint density at radius 3 is 3.17 bits per heavy atom. The smallest absolute Gasteiger partial charge is 0.239 e. The van der Waals surface area contributed by atoms with Crippen molar-refractivity contribution < 1.29 is 0 Å². The number of hydrazine groups is 1. The van der Waals surface area contributed by atoms with Gasteiger partial charge in [-0.3, -0.25) is 5.43 Å². The Morgan fingerprint density at radius 2 is 2.33 bits per heavy atom. The Balaban J connectivity index is 1.90. The molecule has 0 aromatic carbocycles. The Kier molecular flexibility index (Phi) is 2.89. The molecule has 0 unspecified atom stereocenters. The molecule has 0 bridgehead atoms. The van der Waals surface area contributed by atoms with Crippen molar-refractivity contribution in [2.24, 2.45) is 5.84 Å². The molecule has 6 heteroatoms. The molecule has 2 aromatic rings. The quantitative estimate of drug-likeness (QED) is 0.636. The number of nitrogen functional groups attached to an aromatic ring is 1. The largest absolute Gasteiger partial charge is 0.352 e. The lowest BCUT2D eigenvalue weighted by molar-refractivity contribution is 0.729. The fourth-order valence-electron chi connectivity index (χ4n) is 2.22. The zero-order valence-corrected chi connectivity index (χ0v) is 11.0. The van der Waals surface area contributed by atoms with Gasteiger partial charge in [0, 0.05) is 29.7 Å². The van der Waals surface area contributed by atoms with Gasteiger partial charge in [-0.25, -0.2) is 10.8 Å². The van der Waals surface area contributed by atoms with Crippen LogP contribution >= 0.6 is 11.3 Å². The molecule has 0 saturated carbocycles. The lowest BCUT2D eigenvalue weighted by Gasteiger charge is -2.28. The van der Waals surface area contributed by atoms with Gasteiger partial charge in [-0.15, -0.1) is 11.3 Å². The van der Waals surface area contributed by atoms with Crippen LogP contribution in [0.4, 0.5) is 11.8 Å². The van der Waals surface area contributed by atoms with E-state index < -0.39 is 0 Å². The van der Waals surface area contributed by atoms with Crippen molar-refractivity contribution in [1.82, 2.24) is 9.97 Å². The van der Waals surface area contributed by atoms with E-state index in [1.54, 1.807) is 0 Å². The summed E-state index contributed by atoms with van der Waals surface area (Å²) in [7, 11) is 0. The third kappa shape index (κ3) is 2.04. The number of fused-ring (bicyclic) bond motifs is 1. The number of hydrogen-bond donors (Lipinski definition) is 2. The normalized spacial score (nSPS) is 14.4. The molecule has 94 valence electrons. The molecule has 0 saturated heterocycles. The van der Waals surface area contributed by atoms with E-state index in [0.29, 0.717) is 5.95 Å². The summed E-state index contributed by atoms with van der Waals surface area (Å²) in [5.74, 6) is 6.80. The number of anilines is 2. The van der Waals surface area contributed by atoms with Gasteiger partial charge < -0.3 is 4.90 Å². The maximum absolute atomic E-state index is 5.39. The van der Waals surface area contributed by atoms with Crippen molar-refractivity contribution in [3.8, 4) is 0 Å². The number of nitrogens with zero attached hydrogens (tertiary/aromatic N) is 3. The predicted octanol–water partition coefficient (Wildman–Crippen LogP) is 1.69. The first kappa shape index (κ1) is 11.4. The van der Waals surface area contributed by atoms with Gasteiger partial charge in [-0.1, -0.05) is 0 Å². The van der Waals surface area contributed by atoms with Crippen LogP contribution < -0.4 is 16.2 Å². The summed E-state index contributed by atoms with van der Waals surface area (Å²) < 4.78 is 0. The van der Waals surface area contributed by atoms with Crippen LogP contribution in [0.3, 0.4) is 0 Å². The molecule has 2 aromatic heterocycles.